The van der Waals surface area contributed by atoms with Crippen molar-refractivity contribution in [2.24, 2.45) is 11.8 Å². The Morgan fingerprint density at radius 3 is 2.26 bits per heavy atom. The lowest BCUT2D eigenvalue weighted by molar-refractivity contribution is -0.150. The number of carbonyl (C=O) groups is 3. The molecule has 0 aromatic heterocycles. The maximum atomic E-state index is 13.2. The van der Waals surface area contributed by atoms with E-state index >= 15 is 0 Å². The highest BCUT2D eigenvalue weighted by Crippen LogP contribution is 2.41. The second-order valence-corrected chi connectivity index (χ2v) is 8.52. The number of ether oxygens (including phenoxy) is 3. The number of esters is 2. The van der Waals surface area contributed by atoms with Gasteiger partial charge in [-0.2, -0.15) is 0 Å². The minimum atomic E-state index is -0.992. The zero-order valence-corrected chi connectivity index (χ0v) is 20.6. The number of hydrogen-bond donors (Lipinski definition) is 0. The van der Waals surface area contributed by atoms with Crippen LogP contribution < -0.4 is 0 Å². The lowest BCUT2D eigenvalue weighted by atomic mass is 9.80. The third-order valence-electron chi connectivity index (χ3n) is 6.43. The Balaban J connectivity index is 1.91. The largest absolute Gasteiger partial charge is 0.469 e. The Kier molecular flexibility index (Phi) is 9.06. The van der Waals surface area contributed by atoms with Gasteiger partial charge in [-0.15, -0.1) is 0 Å². The summed E-state index contributed by atoms with van der Waals surface area (Å²) in [5.74, 6) is -1.97. The van der Waals surface area contributed by atoms with Gasteiger partial charge in [-0.3, -0.25) is 9.69 Å². The third kappa shape index (κ3) is 6.29. The summed E-state index contributed by atoms with van der Waals surface area (Å²) >= 11 is 0. The Labute approximate surface area is 206 Å². The highest BCUT2D eigenvalue weighted by atomic mass is 16.6. The first kappa shape index (κ1) is 26.0. The Hall–Kier alpha value is -3.61. The van der Waals surface area contributed by atoms with Crippen molar-refractivity contribution in [3.05, 3.63) is 77.9 Å². The average molecular weight is 480 g/mol. The van der Waals surface area contributed by atoms with Crippen LogP contribution in [-0.4, -0.2) is 49.2 Å². The summed E-state index contributed by atoms with van der Waals surface area (Å²) < 4.78 is 15.8. The zero-order valence-electron chi connectivity index (χ0n) is 20.6. The van der Waals surface area contributed by atoms with E-state index in [0.29, 0.717) is 0 Å². The molecule has 0 spiro atoms. The molecule has 7 heteroatoms. The van der Waals surface area contributed by atoms with Crippen molar-refractivity contribution >= 4 is 23.6 Å². The van der Waals surface area contributed by atoms with E-state index in [1.165, 1.54) is 17.6 Å². The number of rotatable bonds is 9. The van der Waals surface area contributed by atoms with Crippen LogP contribution >= 0.6 is 0 Å². The van der Waals surface area contributed by atoms with E-state index in [9.17, 15) is 14.4 Å². The molecule has 35 heavy (non-hydrogen) atoms. The van der Waals surface area contributed by atoms with Crippen LogP contribution in [0.3, 0.4) is 0 Å². The highest BCUT2D eigenvalue weighted by Gasteiger charge is 2.51. The first-order valence-corrected chi connectivity index (χ1v) is 11.9. The van der Waals surface area contributed by atoms with Gasteiger partial charge in [0.15, 0.2) is 0 Å². The summed E-state index contributed by atoms with van der Waals surface area (Å²) in [7, 11) is 1.30. The van der Waals surface area contributed by atoms with Crippen LogP contribution in [0.2, 0.25) is 0 Å². The maximum absolute atomic E-state index is 13.2. The summed E-state index contributed by atoms with van der Waals surface area (Å²) in [6, 6.07) is 16.3. The molecular formula is C28H33NO6. The predicted octanol–water partition coefficient (Wildman–Crippen LogP) is 4.64. The Morgan fingerprint density at radius 1 is 0.971 bits per heavy atom. The summed E-state index contributed by atoms with van der Waals surface area (Å²) in [6.07, 6.45) is 0.213. The van der Waals surface area contributed by atoms with Gasteiger partial charge in [0.25, 0.3) is 0 Å². The molecule has 1 fully saturated rings. The lowest BCUT2D eigenvalue weighted by Crippen LogP contribution is -2.45. The molecule has 1 aliphatic rings. The molecule has 0 N–H and O–H groups in total. The van der Waals surface area contributed by atoms with Crippen LogP contribution in [-0.2, 0) is 36.8 Å². The van der Waals surface area contributed by atoms with E-state index in [1.807, 2.05) is 54.6 Å². The second kappa shape index (κ2) is 12.2. The summed E-state index contributed by atoms with van der Waals surface area (Å²) in [5, 5.41) is 0. The molecule has 0 bridgehead atoms. The van der Waals surface area contributed by atoms with Gasteiger partial charge in [-0.25, -0.2) is 9.59 Å². The first-order chi connectivity index (χ1) is 16.9. The quantitative estimate of drug-likeness (QED) is 0.385. The fourth-order valence-electron chi connectivity index (χ4n) is 4.50. The smallest absolute Gasteiger partial charge is 0.410 e. The third-order valence-corrected chi connectivity index (χ3v) is 6.43. The second-order valence-electron chi connectivity index (χ2n) is 8.52. The number of aryl methyl sites for hydroxylation is 1. The molecule has 0 aliphatic carbocycles. The van der Waals surface area contributed by atoms with E-state index in [1.54, 1.807) is 6.92 Å². The van der Waals surface area contributed by atoms with Crippen molar-refractivity contribution in [2.45, 2.75) is 39.3 Å². The summed E-state index contributed by atoms with van der Waals surface area (Å²) in [4.78, 5) is 39.9. The molecule has 3 rings (SSSR count). The standard InChI is InChI=1S/C28H33NO6/c1-5-20-12-14-22(15-13-20)19(3)24-17-29(28(32)35-18-21-10-8-7-9-11-21)26(27(31)34-6-2)23(24)16-25(30)33-4/h7-15,23-24,26H,3,5-6,16-18H2,1-2,4H3/t23-,24+,26-/m0/s1. The number of likely N-dealkylation sites (tertiary alicyclic amines) is 1. The molecule has 0 saturated carbocycles. The van der Waals surface area contributed by atoms with E-state index in [4.69, 9.17) is 14.2 Å². The molecule has 1 heterocycles. The number of amides is 1. The molecule has 0 radical (unpaired) electrons. The van der Waals surface area contributed by atoms with Crippen molar-refractivity contribution in [2.75, 3.05) is 20.3 Å². The van der Waals surface area contributed by atoms with Crippen molar-refractivity contribution in [1.29, 1.82) is 0 Å². The fraction of sp³-hybridized carbons (Fsp3) is 0.393. The van der Waals surface area contributed by atoms with Crippen LogP contribution in [0.4, 0.5) is 4.79 Å². The van der Waals surface area contributed by atoms with Gasteiger partial charge in [0.1, 0.15) is 12.6 Å². The number of carbonyl (C=O) groups excluding carboxylic acids is 3. The van der Waals surface area contributed by atoms with Gasteiger partial charge in [-0.1, -0.05) is 68.1 Å². The van der Waals surface area contributed by atoms with E-state index in [0.717, 1.165) is 23.1 Å². The normalized spacial score (nSPS) is 19.2. The van der Waals surface area contributed by atoms with Crippen molar-refractivity contribution in [1.82, 2.24) is 4.90 Å². The fourth-order valence-corrected chi connectivity index (χ4v) is 4.50. The maximum Gasteiger partial charge on any atom is 0.410 e. The molecule has 186 valence electrons. The van der Waals surface area contributed by atoms with Crippen molar-refractivity contribution < 1.29 is 28.6 Å². The highest BCUT2D eigenvalue weighted by molar-refractivity contribution is 5.85. The molecule has 0 unspecified atom stereocenters. The van der Waals surface area contributed by atoms with Gasteiger partial charge in [0.2, 0.25) is 0 Å². The molecule has 2 aromatic rings. The number of nitrogens with zero attached hydrogens (tertiary/aromatic N) is 1. The van der Waals surface area contributed by atoms with Crippen LogP contribution in [0.1, 0.15) is 37.0 Å². The minimum absolute atomic E-state index is 0.0564. The van der Waals surface area contributed by atoms with Gasteiger partial charge < -0.3 is 14.2 Å². The monoisotopic (exact) mass is 479 g/mol. The van der Waals surface area contributed by atoms with Crippen LogP contribution in [0.15, 0.2) is 61.2 Å². The lowest BCUT2D eigenvalue weighted by Gasteiger charge is -2.26. The van der Waals surface area contributed by atoms with Crippen molar-refractivity contribution in [3.8, 4) is 0 Å². The number of methoxy groups -OCH3 is 1. The van der Waals surface area contributed by atoms with Crippen LogP contribution in [0.5, 0.6) is 0 Å². The summed E-state index contributed by atoms with van der Waals surface area (Å²) in [6.45, 7) is 8.46. The van der Waals surface area contributed by atoms with Gasteiger partial charge in [-0.05, 0) is 35.6 Å². The van der Waals surface area contributed by atoms with Crippen molar-refractivity contribution in [3.63, 3.8) is 0 Å². The SMILES string of the molecule is C=C(c1ccc(CC)cc1)[C@H]1CN(C(=O)OCc2ccccc2)[C@H](C(=O)OCC)[C@H]1CC(=O)OC. The predicted molar refractivity (Wildman–Crippen MR) is 132 cm³/mol. The van der Waals surface area contributed by atoms with E-state index in [2.05, 4.69) is 13.5 Å². The average Bonchev–Trinajstić information content (AvgIpc) is 3.26. The molecule has 2 aromatic carbocycles. The first-order valence-electron chi connectivity index (χ1n) is 11.9. The Morgan fingerprint density at radius 2 is 1.66 bits per heavy atom. The number of hydrogen-bond acceptors (Lipinski definition) is 6. The van der Waals surface area contributed by atoms with Gasteiger partial charge in [0, 0.05) is 18.4 Å². The molecule has 1 amide bonds. The molecule has 3 atom stereocenters. The summed E-state index contributed by atoms with van der Waals surface area (Å²) in [5.41, 5.74) is 3.66. The number of benzene rings is 2. The molecular weight excluding hydrogens is 446 g/mol. The van der Waals surface area contributed by atoms with Gasteiger partial charge >= 0.3 is 18.0 Å². The zero-order chi connectivity index (χ0) is 25.4. The van der Waals surface area contributed by atoms with Crippen LogP contribution in [0.25, 0.3) is 5.57 Å². The van der Waals surface area contributed by atoms with E-state index < -0.39 is 30.0 Å². The minimum Gasteiger partial charge on any atom is -0.469 e. The molecule has 1 saturated heterocycles. The van der Waals surface area contributed by atoms with E-state index in [-0.39, 0.29) is 32.1 Å². The van der Waals surface area contributed by atoms with Gasteiger partial charge in [0.05, 0.1) is 20.1 Å². The molecule has 7 nitrogen and oxygen atoms in total. The van der Waals surface area contributed by atoms with Crippen LogP contribution in [0, 0.1) is 11.8 Å². The Bertz CT molecular complexity index is 1030. The topological polar surface area (TPSA) is 82.1 Å². The molecule has 1 aliphatic heterocycles.